The van der Waals surface area contributed by atoms with Crippen molar-refractivity contribution in [3.63, 3.8) is 0 Å². The highest BCUT2D eigenvalue weighted by Crippen LogP contribution is 2.25. The molecule has 0 unspecified atom stereocenters. The number of anilines is 1. The zero-order valence-corrected chi connectivity index (χ0v) is 13.8. The molecule has 0 aliphatic heterocycles. The van der Waals surface area contributed by atoms with E-state index >= 15 is 0 Å². The molecule has 0 aliphatic carbocycles. The van der Waals surface area contributed by atoms with Crippen LogP contribution in [0.1, 0.15) is 42.4 Å². The minimum atomic E-state index is 0.368. The van der Waals surface area contributed by atoms with Gasteiger partial charge in [0.15, 0.2) is 0 Å². The van der Waals surface area contributed by atoms with Crippen molar-refractivity contribution >= 4 is 5.69 Å². The molecular formula is C17H25N3O. The predicted molar refractivity (Wildman–Crippen MR) is 87.1 cm³/mol. The number of ether oxygens (including phenoxy) is 1. The zero-order chi connectivity index (χ0) is 15.6. The Hall–Kier alpha value is -1.97. The molecule has 4 nitrogen and oxygen atoms in total. The van der Waals surface area contributed by atoms with Gasteiger partial charge in [0.25, 0.3) is 0 Å². The van der Waals surface area contributed by atoms with E-state index < -0.39 is 0 Å². The van der Waals surface area contributed by atoms with Gasteiger partial charge in [0, 0.05) is 18.2 Å². The molecular weight excluding hydrogens is 262 g/mol. The molecule has 4 heteroatoms. The molecule has 0 fully saturated rings. The summed E-state index contributed by atoms with van der Waals surface area (Å²) in [6, 6.07) is 6.61. The van der Waals surface area contributed by atoms with E-state index in [1.807, 2.05) is 13.0 Å². The molecule has 0 atom stereocenters. The highest BCUT2D eigenvalue weighted by Gasteiger charge is 2.13. The fourth-order valence-corrected chi connectivity index (χ4v) is 2.65. The van der Waals surface area contributed by atoms with Crippen LogP contribution < -0.4 is 10.1 Å². The fraction of sp³-hybridized carbons (Fsp3) is 0.471. The first-order chi connectivity index (χ1) is 9.93. The van der Waals surface area contributed by atoms with Crippen LogP contribution in [0.4, 0.5) is 5.69 Å². The molecule has 1 aromatic carbocycles. The number of hydrogen-bond donors (Lipinski definition) is 1. The molecule has 21 heavy (non-hydrogen) atoms. The second kappa shape index (κ2) is 6.20. The second-order valence-corrected chi connectivity index (χ2v) is 5.75. The quantitative estimate of drug-likeness (QED) is 0.903. The maximum Gasteiger partial charge on any atom is 0.123 e. The lowest BCUT2D eigenvalue weighted by Crippen LogP contribution is -2.06. The van der Waals surface area contributed by atoms with Crippen molar-refractivity contribution in [3.8, 4) is 5.75 Å². The van der Waals surface area contributed by atoms with Crippen LogP contribution >= 0.6 is 0 Å². The van der Waals surface area contributed by atoms with Gasteiger partial charge in [0.05, 0.1) is 24.2 Å². The third-order valence-electron chi connectivity index (χ3n) is 3.71. The van der Waals surface area contributed by atoms with Gasteiger partial charge in [-0.15, -0.1) is 0 Å². The number of methoxy groups -OCH3 is 1. The zero-order valence-electron chi connectivity index (χ0n) is 13.8. The Morgan fingerprint density at radius 1 is 1.24 bits per heavy atom. The van der Waals surface area contributed by atoms with Gasteiger partial charge in [0.1, 0.15) is 5.75 Å². The molecule has 1 heterocycles. The average Bonchev–Trinajstić information content (AvgIpc) is 2.72. The second-order valence-electron chi connectivity index (χ2n) is 5.75. The molecule has 0 radical (unpaired) electrons. The standard InChI is InChI=1S/C17H25N3O/c1-11(2)20-14(5)17(13(4)19-20)18-10-15-9-12(3)7-8-16(15)21-6/h7-9,11,18H,10H2,1-6H3. The summed E-state index contributed by atoms with van der Waals surface area (Å²) in [7, 11) is 1.71. The van der Waals surface area contributed by atoms with Gasteiger partial charge in [-0.05, 0) is 40.7 Å². The van der Waals surface area contributed by atoms with Gasteiger partial charge in [-0.3, -0.25) is 4.68 Å². The van der Waals surface area contributed by atoms with Gasteiger partial charge in [-0.25, -0.2) is 0 Å². The monoisotopic (exact) mass is 287 g/mol. The molecule has 2 aromatic rings. The number of rotatable bonds is 5. The lowest BCUT2D eigenvalue weighted by Gasteiger charge is -2.12. The van der Waals surface area contributed by atoms with Crippen LogP contribution in [0.5, 0.6) is 5.75 Å². The van der Waals surface area contributed by atoms with Crippen molar-refractivity contribution < 1.29 is 4.74 Å². The van der Waals surface area contributed by atoms with Gasteiger partial charge in [-0.2, -0.15) is 5.10 Å². The summed E-state index contributed by atoms with van der Waals surface area (Å²) in [5.41, 5.74) is 5.72. The van der Waals surface area contributed by atoms with E-state index in [-0.39, 0.29) is 0 Å². The van der Waals surface area contributed by atoms with Crippen LogP contribution in [-0.2, 0) is 6.54 Å². The summed E-state index contributed by atoms with van der Waals surface area (Å²) in [6.07, 6.45) is 0. The van der Waals surface area contributed by atoms with Gasteiger partial charge in [0.2, 0.25) is 0 Å². The maximum atomic E-state index is 5.43. The maximum absolute atomic E-state index is 5.43. The predicted octanol–water partition coefficient (Wildman–Crippen LogP) is 4.01. The summed E-state index contributed by atoms with van der Waals surface area (Å²) in [6.45, 7) is 11.3. The van der Waals surface area contributed by atoms with E-state index in [0.29, 0.717) is 6.04 Å². The van der Waals surface area contributed by atoms with E-state index in [1.54, 1.807) is 7.11 Å². The van der Waals surface area contributed by atoms with Crippen molar-refractivity contribution in [2.75, 3.05) is 12.4 Å². The molecule has 0 saturated heterocycles. The molecule has 1 N–H and O–H groups in total. The molecule has 1 aromatic heterocycles. The van der Waals surface area contributed by atoms with Crippen LogP contribution in [0.25, 0.3) is 0 Å². The Bertz CT molecular complexity index is 629. The van der Waals surface area contributed by atoms with Crippen LogP contribution in [0.2, 0.25) is 0 Å². The SMILES string of the molecule is COc1ccc(C)cc1CNc1c(C)nn(C(C)C)c1C. The summed E-state index contributed by atoms with van der Waals surface area (Å²) < 4.78 is 7.49. The molecule has 0 bridgehead atoms. The molecule has 114 valence electrons. The van der Waals surface area contributed by atoms with Gasteiger partial charge in [-0.1, -0.05) is 17.7 Å². The van der Waals surface area contributed by atoms with Crippen molar-refractivity contribution in [2.24, 2.45) is 0 Å². The Labute approximate surface area is 127 Å². The smallest absolute Gasteiger partial charge is 0.123 e. The van der Waals surface area contributed by atoms with E-state index in [0.717, 1.165) is 29.2 Å². The number of aromatic nitrogens is 2. The number of benzene rings is 1. The fourth-order valence-electron chi connectivity index (χ4n) is 2.65. The number of nitrogens with one attached hydrogen (secondary N) is 1. The van der Waals surface area contributed by atoms with E-state index in [2.05, 4.69) is 54.9 Å². The molecule has 0 amide bonds. The number of nitrogens with zero attached hydrogens (tertiary/aromatic N) is 2. The molecule has 0 aliphatic rings. The average molecular weight is 287 g/mol. The van der Waals surface area contributed by atoms with E-state index in [1.165, 1.54) is 11.3 Å². The van der Waals surface area contributed by atoms with Crippen LogP contribution in [0.15, 0.2) is 18.2 Å². The van der Waals surface area contributed by atoms with Crippen molar-refractivity contribution in [1.82, 2.24) is 9.78 Å². The first-order valence-corrected chi connectivity index (χ1v) is 7.37. The summed E-state index contributed by atoms with van der Waals surface area (Å²) in [5.74, 6) is 0.916. The Morgan fingerprint density at radius 3 is 2.52 bits per heavy atom. The number of aryl methyl sites for hydroxylation is 2. The molecule has 0 saturated carbocycles. The first-order valence-electron chi connectivity index (χ1n) is 7.37. The van der Waals surface area contributed by atoms with Crippen LogP contribution in [0.3, 0.4) is 0 Å². The Morgan fingerprint density at radius 2 is 1.95 bits per heavy atom. The minimum absolute atomic E-state index is 0.368. The Kier molecular flexibility index (Phi) is 4.56. The lowest BCUT2D eigenvalue weighted by atomic mass is 10.1. The van der Waals surface area contributed by atoms with Gasteiger partial charge < -0.3 is 10.1 Å². The number of hydrogen-bond acceptors (Lipinski definition) is 3. The summed E-state index contributed by atoms with van der Waals surface area (Å²) >= 11 is 0. The van der Waals surface area contributed by atoms with E-state index in [4.69, 9.17) is 4.74 Å². The van der Waals surface area contributed by atoms with Crippen molar-refractivity contribution in [2.45, 2.75) is 47.2 Å². The molecule has 2 rings (SSSR count). The largest absolute Gasteiger partial charge is 0.496 e. The summed E-state index contributed by atoms with van der Waals surface area (Å²) in [4.78, 5) is 0. The third-order valence-corrected chi connectivity index (χ3v) is 3.71. The highest BCUT2D eigenvalue weighted by atomic mass is 16.5. The third kappa shape index (κ3) is 3.20. The lowest BCUT2D eigenvalue weighted by molar-refractivity contribution is 0.410. The van der Waals surface area contributed by atoms with Crippen LogP contribution in [0, 0.1) is 20.8 Å². The van der Waals surface area contributed by atoms with Crippen molar-refractivity contribution in [1.29, 1.82) is 0 Å². The Balaban J connectivity index is 2.23. The van der Waals surface area contributed by atoms with Gasteiger partial charge >= 0.3 is 0 Å². The van der Waals surface area contributed by atoms with E-state index in [9.17, 15) is 0 Å². The normalized spacial score (nSPS) is 11.0. The highest BCUT2D eigenvalue weighted by molar-refractivity contribution is 5.53. The minimum Gasteiger partial charge on any atom is -0.496 e. The van der Waals surface area contributed by atoms with Crippen molar-refractivity contribution in [3.05, 3.63) is 40.7 Å². The summed E-state index contributed by atoms with van der Waals surface area (Å²) in [5, 5.41) is 8.12. The molecule has 0 spiro atoms. The van der Waals surface area contributed by atoms with Crippen LogP contribution in [-0.4, -0.2) is 16.9 Å². The topological polar surface area (TPSA) is 39.1 Å². The first kappa shape index (κ1) is 15.4.